The Morgan fingerprint density at radius 1 is 1.32 bits per heavy atom. The van der Waals surface area contributed by atoms with Gasteiger partial charge in [-0.15, -0.1) is 0 Å². The Kier molecular flexibility index (Phi) is 5.77. The molecule has 1 unspecified atom stereocenters. The number of benzene rings is 1. The summed E-state index contributed by atoms with van der Waals surface area (Å²) in [5.41, 5.74) is 3.01. The van der Waals surface area contributed by atoms with Crippen molar-refractivity contribution in [3.8, 4) is 6.01 Å². The molecule has 2 N–H and O–H groups in total. The van der Waals surface area contributed by atoms with E-state index in [2.05, 4.69) is 61.5 Å². The number of halogens is 1. The highest BCUT2D eigenvalue weighted by atomic mass is 79.9. The number of rotatable bonds is 6. The molecule has 1 aliphatic rings. The first-order chi connectivity index (χ1) is 13.6. The van der Waals surface area contributed by atoms with E-state index in [1.54, 1.807) is 4.52 Å². The number of piperidine rings is 1. The van der Waals surface area contributed by atoms with Crippen LogP contribution in [0.5, 0.6) is 6.01 Å². The van der Waals surface area contributed by atoms with Gasteiger partial charge in [0, 0.05) is 23.1 Å². The molecule has 28 heavy (non-hydrogen) atoms. The minimum atomic E-state index is 0.0951. The lowest BCUT2D eigenvalue weighted by Gasteiger charge is -2.23. The first-order valence-electron chi connectivity index (χ1n) is 9.72. The predicted octanol–water partition coefficient (Wildman–Crippen LogP) is 3.75. The van der Waals surface area contributed by atoms with Crippen molar-refractivity contribution in [2.45, 2.75) is 45.3 Å². The minimum Gasteiger partial charge on any atom is -0.459 e. The van der Waals surface area contributed by atoms with Crippen molar-refractivity contribution in [3.63, 3.8) is 0 Å². The standard InChI is InChI=1S/C20H25BrN6O/c1-13(2)16-12-24-27-18(16)25-20(28-15-7-5-9-22-11-15)26-19(27)23-10-14-6-3-4-8-17(14)21/h3-4,6,8,12-13,15,22H,5,7,9-11H2,1-2H3,(H,23,25,26). The summed E-state index contributed by atoms with van der Waals surface area (Å²) in [4.78, 5) is 9.30. The normalized spacial score (nSPS) is 17.2. The van der Waals surface area contributed by atoms with E-state index in [1.165, 1.54) is 0 Å². The second-order valence-corrected chi connectivity index (χ2v) is 8.21. The first-order valence-corrected chi connectivity index (χ1v) is 10.5. The molecule has 1 atom stereocenters. The fourth-order valence-corrected chi connectivity index (χ4v) is 3.76. The van der Waals surface area contributed by atoms with Crippen molar-refractivity contribution in [1.82, 2.24) is 24.9 Å². The number of anilines is 1. The summed E-state index contributed by atoms with van der Waals surface area (Å²) in [6.07, 6.45) is 4.07. The summed E-state index contributed by atoms with van der Waals surface area (Å²) in [6, 6.07) is 8.53. The molecule has 2 aromatic heterocycles. The van der Waals surface area contributed by atoms with Crippen molar-refractivity contribution in [2.75, 3.05) is 18.4 Å². The molecule has 0 bridgehead atoms. The molecule has 8 heteroatoms. The third-order valence-corrected chi connectivity index (χ3v) is 5.69. The van der Waals surface area contributed by atoms with Gasteiger partial charge in [0.15, 0.2) is 5.65 Å². The van der Waals surface area contributed by atoms with E-state index < -0.39 is 0 Å². The van der Waals surface area contributed by atoms with E-state index in [1.807, 2.05) is 24.4 Å². The van der Waals surface area contributed by atoms with Gasteiger partial charge in [0.25, 0.3) is 0 Å². The molecular formula is C20H25BrN6O. The van der Waals surface area contributed by atoms with Crippen LogP contribution in [0.25, 0.3) is 5.65 Å². The van der Waals surface area contributed by atoms with Gasteiger partial charge in [0.1, 0.15) is 6.10 Å². The summed E-state index contributed by atoms with van der Waals surface area (Å²) in [5, 5.41) is 11.3. The monoisotopic (exact) mass is 444 g/mol. The minimum absolute atomic E-state index is 0.0951. The fourth-order valence-electron chi connectivity index (χ4n) is 3.34. The van der Waals surface area contributed by atoms with Crippen molar-refractivity contribution in [1.29, 1.82) is 0 Å². The SMILES string of the molecule is CC(C)c1cnn2c(NCc3ccccc3Br)nc(OC3CCCNC3)nc12. The molecule has 148 valence electrons. The summed E-state index contributed by atoms with van der Waals surface area (Å²) in [5.74, 6) is 0.944. The maximum Gasteiger partial charge on any atom is 0.322 e. The van der Waals surface area contributed by atoms with Crippen LogP contribution >= 0.6 is 15.9 Å². The zero-order valence-corrected chi connectivity index (χ0v) is 17.7. The number of nitrogens with zero attached hydrogens (tertiary/aromatic N) is 4. The predicted molar refractivity (Wildman–Crippen MR) is 113 cm³/mol. The van der Waals surface area contributed by atoms with Crippen LogP contribution in [-0.4, -0.2) is 38.8 Å². The maximum atomic E-state index is 6.11. The zero-order chi connectivity index (χ0) is 19.5. The lowest BCUT2D eigenvalue weighted by molar-refractivity contribution is 0.153. The third kappa shape index (κ3) is 4.12. The molecule has 0 spiro atoms. The topological polar surface area (TPSA) is 76.4 Å². The van der Waals surface area contributed by atoms with E-state index in [0.717, 1.165) is 47.2 Å². The highest BCUT2D eigenvalue weighted by molar-refractivity contribution is 9.10. The molecule has 0 aliphatic carbocycles. The van der Waals surface area contributed by atoms with Crippen LogP contribution in [0.3, 0.4) is 0 Å². The molecule has 0 amide bonds. The van der Waals surface area contributed by atoms with E-state index >= 15 is 0 Å². The van der Waals surface area contributed by atoms with Gasteiger partial charge in [0.2, 0.25) is 5.95 Å². The lowest BCUT2D eigenvalue weighted by atomic mass is 10.1. The number of ether oxygens (including phenoxy) is 1. The average Bonchev–Trinajstić information content (AvgIpc) is 3.12. The Balaban J connectivity index is 1.65. The Hall–Kier alpha value is -2.19. The van der Waals surface area contributed by atoms with Gasteiger partial charge >= 0.3 is 6.01 Å². The molecule has 4 rings (SSSR count). The molecular weight excluding hydrogens is 420 g/mol. The van der Waals surface area contributed by atoms with Gasteiger partial charge < -0.3 is 15.4 Å². The van der Waals surface area contributed by atoms with Crippen LogP contribution in [0.2, 0.25) is 0 Å². The molecule has 7 nitrogen and oxygen atoms in total. The van der Waals surface area contributed by atoms with Gasteiger partial charge in [-0.25, -0.2) is 0 Å². The third-order valence-electron chi connectivity index (χ3n) is 4.92. The van der Waals surface area contributed by atoms with Gasteiger partial charge in [0.05, 0.1) is 6.20 Å². The van der Waals surface area contributed by atoms with Crippen molar-refractivity contribution < 1.29 is 4.74 Å². The van der Waals surface area contributed by atoms with E-state index in [0.29, 0.717) is 24.4 Å². The Morgan fingerprint density at radius 3 is 2.93 bits per heavy atom. The van der Waals surface area contributed by atoms with Gasteiger partial charge in [-0.3, -0.25) is 0 Å². The second-order valence-electron chi connectivity index (χ2n) is 7.35. The van der Waals surface area contributed by atoms with Gasteiger partial charge in [-0.2, -0.15) is 19.6 Å². The maximum absolute atomic E-state index is 6.11. The van der Waals surface area contributed by atoms with Crippen LogP contribution in [-0.2, 0) is 6.54 Å². The Bertz CT molecular complexity index is 951. The van der Waals surface area contributed by atoms with Crippen LogP contribution < -0.4 is 15.4 Å². The quantitative estimate of drug-likeness (QED) is 0.602. The summed E-state index contributed by atoms with van der Waals surface area (Å²) in [6.45, 7) is 6.76. The number of fused-ring (bicyclic) bond motifs is 1. The second kappa shape index (κ2) is 8.45. The van der Waals surface area contributed by atoms with E-state index in [4.69, 9.17) is 4.74 Å². The van der Waals surface area contributed by atoms with Crippen LogP contribution in [0.1, 0.15) is 43.7 Å². The highest BCUT2D eigenvalue weighted by Gasteiger charge is 2.20. The Labute approximate surface area is 173 Å². The van der Waals surface area contributed by atoms with Gasteiger partial charge in [-0.05, 0) is 36.9 Å². The smallest absolute Gasteiger partial charge is 0.322 e. The molecule has 3 aromatic rings. The van der Waals surface area contributed by atoms with Crippen molar-refractivity contribution in [2.24, 2.45) is 0 Å². The van der Waals surface area contributed by atoms with Crippen molar-refractivity contribution in [3.05, 3.63) is 46.1 Å². The number of hydrogen-bond donors (Lipinski definition) is 2. The molecule has 0 saturated carbocycles. The molecule has 1 fully saturated rings. The Morgan fingerprint density at radius 2 is 2.18 bits per heavy atom. The molecule has 3 heterocycles. The molecule has 1 aromatic carbocycles. The van der Waals surface area contributed by atoms with Crippen molar-refractivity contribution >= 4 is 27.5 Å². The van der Waals surface area contributed by atoms with Crippen LogP contribution in [0.4, 0.5) is 5.95 Å². The lowest BCUT2D eigenvalue weighted by Crippen LogP contribution is -2.37. The first kappa shape index (κ1) is 19.1. The zero-order valence-electron chi connectivity index (χ0n) is 16.2. The van der Waals surface area contributed by atoms with Gasteiger partial charge in [-0.1, -0.05) is 48.0 Å². The average molecular weight is 445 g/mol. The fraction of sp³-hybridized carbons (Fsp3) is 0.450. The number of hydrogen-bond acceptors (Lipinski definition) is 6. The van der Waals surface area contributed by atoms with Crippen LogP contribution in [0.15, 0.2) is 34.9 Å². The molecule has 1 saturated heterocycles. The summed E-state index contributed by atoms with van der Waals surface area (Å²) >= 11 is 3.60. The number of nitrogens with one attached hydrogen (secondary N) is 2. The number of aromatic nitrogens is 4. The molecule has 1 aliphatic heterocycles. The summed E-state index contributed by atoms with van der Waals surface area (Å²) in [7, 11) is 0. The van der Waals surface area contributed by atoms with E-state index in [-0.39, 0.29) is 6.10 Å². The van der Waals surface area contributed by atoms with E-state index in [9.17, 15) is 0 Å². The highest BCUT2D eigenvalue weighted by Crippen LogP contribution is 2.24. The largest absolute Gasteiger partial charge is 0.459 e. The molecule has 0 radical (unpaired) electrons. The summed E-state index contributed by atoms with van der Waals surface area (Å²) < 4.78 is 8.93. The van der Waals surface area contributed by atoms with Crippen LogP contribution in [0, 0.1) is 0 Å².